The molecule has 0 saturated carbocycles. The molecule has 1 aromatic heterocycles. The molecule has 0 aliphatic heterocycles. The molecular weight excluding hydrogens is 267 g/mol. The average molecular weight is 278 g/mol. The van der Waals surface area contributed by atoms with E-state index in [1.54, 1.807) is 16.8 Å². The zero-order valence-electron chi connectivity index (χ0n) is 11.3. The minimum atomic E-state index is -0.367. The average Bonchev–Trinajstić information content (AvgIpc) is 2.91. The van der Waals surface area contributed by atoms with Gasteiger partial charge >= 0.3 is 0 Å². The van der Waals surface area contributed by atoms with Gasteiger partial charge in [-0.3, -0.25) is 0 Å². The minimum Gasteiger partial charge on any atom is -0.211 e. The Hall–Kier alpha value is -3.00. The molecule has 3 rings (SSSR count). The first-order valence-electron chi connectivity index (χ1n) is 6.38. The van der Waals surface area contributed by atoms with Crippen LogP contribution >= 0.6 is 0 Å². The number of para-hydroxylation sites is 1. The fourth-order valence-electron chi connectivity index (χ4n) is 2.22. The Balaban J connectivity index is 2.28. The van der Waals surface area contributed by atoms with Crippen LogP contribution in [0.25, 0.3) is 16.9 Å². The molecule has 0 spiro atoms. The third-order valence-electron chi connectivity index (χ3n) is 3.22. The Bertz CT molecular complexity index is 845. The number of hydrogen-bond acceptors (Lipinski definition) is 3. The predicted octanol–water partition coefficient (Wildman–Crippen LogP) is 3.25. The summed E-state index contributed by atoms with van der Waals surface area (Å²) in [5.41, 5.74) is 3.03. The fraction of sp³-hybridized carbons (Fsp3) is 0.0625. The molecular formula is C16H11FN4. The van der Waals surface area contributed by atoms with Gasteiger partial charge in [0.2, 0.25) is 0 Å². The molecule has 0 unspecified atom stereocenters. The number of aromatic nitrogens is 3. The van der Waals surface area contributed by atoms with Crippen molar-refractivity contribution in [2.24, 2.45) is 0 Å². The molecule has 0 fully saturated rings. The van der Waals surface area contributed by atoms with E-state index in [0.717, 1.165) is 11.3 Å². The van der Waals surface area contributed by atoms with Crippen molar-refractivity contribution >= 4 is 0 Å². The second kappa shape index (κ2) is 5.17. The first-order valence-corrected chi connectivity index (χ1v) is 6.38. The van der Waals surface area contributed by atoms with E-state index in [1.807, 2.05) is 37.3 Å². The third-order valence-corrected chi connectivity index (χ3v) is 3.22. The van der Waals surface area contributed by atoms with Crippen LogP contribution < -0.4 is 0 Å². The molecule has 0 aliphatic rings. The van der Waals surface area contributed by atoms with Crippen LogP contribution in [0.5, 0.6) is 0 Å². The van der Waals surface area contributed by atoms with Gasteiger partial charge in [0.05, 0.1) is 5.69 Å². The molecule has 0 bridgehead atoms. The van der Waals surface area contributed by atoms with E-state index in [0.29, 0.717) is 11.3 Å². The predicted molar refractivity (Wildman–Crippen MR) is 76.2 cm³/mol. The highest BCUT2D eigenvalue weighted by molar-refractivity contribution is 5.67. The third kappa shape index (κ3) is 2.28. The number of nitrogens with zero attached hydrogens (tertiary/aromatic N) is 4. The lowest BCUT2D eigenvalue weighted by Gasteiger charge is -2.09. The number of rotatable bonds is 2. The maximum Gasteiger partial charge on any atom is 0.191 e. The molecule has 0 saturated heterocycles. The quantitative estimate of drug-likeness (QED) is 0.723. The van der Waals surface area contributed by atoms with Crippen molar-refractivity contribution in [3.8, 4) is 23.0 Å². The molecule has 0 aliphatic carbocycles. The molecule has 102 valence electrons. The molecule has 5 heteroatoms. The highest BCUT2D eigenvalue weighted by Gasteiger charge is 2.17. The van der Waals surface area contributed by atoms with Crippen LogP contribution in [0.4, 0.5) is 4.39 Å². The second-order valence-electron chi connectivity index (χ2n) is 4.61. The molecule has 1 heterocycles. The smallest absolute Gasteiger partial charge is 0.191 e. The maximum absolute atomic E-state index is 13.5. The van der Waals surface area contributed by atoms with Crippen molar-refractivity contribution in [1.29, 1.82) is 5.26 Å². The summed E-state index contributed by atoms with van der Waals surface area (Å²) in [7, 11) is 0. The number of hydrogen-bond donors (Lipinski definition) is 0. The van der Waals surface area contributed by atoms with Crippen molar-refractivity contribution in [1.82, 2.24) is 15.0 Å². The van der Waals surface area contributed by atoms with Crippen LogP contribution in [0.3, 0.4) is 0 Å². The van der Waals surface area contributed by atoms with Crippen molar-refractivity contribution < 1.29 is 4.39 Å². The van der Waals surface area contributed by atoms with Crippen molar-refractivity contribution in [3.63, 3.8) is 0 Å². The molecule has 3 aromatic rings. The molecule has 2 aromatic carbocycles. The zero-order chi connectivity index (χ0) is 14.8. The first kappa shape index (κ1) is 13.0. The summed E-state index contributed by atoms with van der Waals surface area (Å²) in [6.07, 6.45) is 0. The Kier molecular flexibility index (Phi) is 3.20. The van der Waals surface area contributed by atoms with E-state index in [-0.39, 0.29) is 11.5 Å². The normalized spacial score (nSPS) is 10.3. The van der Waals surface area contributed by atoms with E-state index in [1.165, 1.54) is 12.1 Å². The summed E-state index contributed by atoms with van der Waals surface area (Å²) in [6, 6.07) is 15.7. The van der Waals surface area contributed by atoms with Crippen LogP contribution in [0.1, 0.15) is 11.3 Å². The van der Waals surface area contributed by atoms with Crippen LogP contribution in [-0.2, 0) is 0 Å². The van der Waals surface area contributed by atoms with Crippen LogP contribution in [0.2, 0.25) is 0 Å². The van der Waals surface area contributed by atoms with E-state index >= 15 is 0 Å². The molecule has 0 radical (unpaired) electrons. The van der Waals surface area contributed by atoms with E-state index in [9.17, 15) is 9.65 Å². The number of benzene rings is 2. The standard InChI is InChI=1S/C16H11FN4/c1-11-5-2-3-8-15(11)21-16(14(10-18)19-20-21)12-6-4-7-13(17)9-12/h2-9H,1H3. The monoisotopic (exact) mass is 278 g/mol. The van der Waals surface area contributed by atoms with E-state index < -0.39 is 0 Å². The SMILES string of the molecule is Cc1ccccc1-n1nnc(C#N)c1-c1cccc(F)c1. The topological polar surface area (TPSA) is 54.5 Å². The van der Waals surface area contributed by atoms with Gasteiger partial charge in [0.1, 0.15) is 17.6 Å². The zero-order valence-corrected chi connectivity index (χ0v) is 11.3. The highest BCUT2D eigenvalue weighted by Crippen LogP contribution is 2.26. The van der Waals surface area contributed by atoms with Gasteiger partial charge in [0.15, 0.2) is 5.69 Å². The van der Waals surface area contributed by atoms with Gasteiger partial charge in [0.25, 0.3) is 0 Å². The molecule has 0 amide bonds. The summed E-state index contributed by atoms with van der Waals surface area (Å²) in [5, 5.41) is 17.2. The highest BCUT2D eigenvalue weighted by atomic mass is 19.1. The Morgan fingerprint density at radius 1 is 1.14 bits per heavy atom. The lowest BCUT2D eigenvalue weighted by Crippen LogP contribution is -2.02. The van der Waals surface area contributed by atoms with Gasteiger partial charge in [-0.15, -0.1) is 5.10 Å². The van der Waals surface area contributed by atoms with Gasteiger partial charge in [-0.1, -0.05) is 35.5 Å². The largest absolute Gasteiger partial charge is 0.211 e. The molecule has 4 nitrogen and oxygen atoms in total. The first-order chi connectivity index (χ1) is 10.2. The number of aryl methyl sites for hydroxylation is 1. The van der Waals surface area contributed by atoms with Gasteiger partial charge in [-0.05, 0) is 30.7 Å². The molecule has 0 atom stereocenters. The van der Waals surface area contributed by atoms with Gasteiger partial charge < -0.3 is 0 Å². The second-order valence-corrected chi connectivity index (χ2v) is 4.61. The van der Waals surface area contributed by atoms with Crippen molar-refractivity contribution in [2.75, 3.05) is 0 Å². The fourth-order valence-corrected chi connectivity index (χ4v) is 2.22. The summed E-state index contributed by atoms with van der Waals surface area (Å²) < 4.78 is 15.0. The Morgan fingerprint density at radius 3 is 2.67 bits per heavy atom. The lowest BCUT2D eigenvalue weighted by atomic mass is 10.1. The maximum atomic E-state index is 13.5. The van der Waals surface area contributed by atoms with Crippen LogP contribution in [0.15, 0.2) is 48.5 Å². The number of nitriles is 1. The van der Waals surface area contributed by atoms with Crippen LogP contribution in [-0.4, -0.2) is 15.0 Å². The van der Waals surface area contributed by atoms with Gasteiger partial charge in [-0.25, -0.2) is 9.07 Å². The minimum absolute atomic E-state index is 0.170. The van der Waals surface area contributed by atoms with Crippen molar-refractivity contribution in [3.05, 3.63) is 65.6 Å². The molecule has 0 N–H and O–H groups in total. The van der Waals surface area contributed by atoms with E-state index in [4.69, 9.17) is 0 Å². The van der Waals surface area contributed by atoms with E-state index in [2.05, 4.69) is 10.3 Å². The van der Waals surface area contributed by atoms with Crippen molar-refractivity contribution in [2.45, 2.75) is 6.92 Å². The summed E-state index contributed by atoms with van der Waals surface area (Å²) >= 11 is 0. The number of halogens is 1. The summed E-state index contributed by atoms with van der Waals surface area (Å²) in [4.78, 5) is 0. The Morgan fingerprint density at radius 2 is 1.95 bits per heavy atom. The summed E-state index contributed by atoms with van der Waals surface area (Å²) in [5.74, 6) is -0.367. The Labute approximate surface area is 121 Å². The molecule has 21 heavy (non-hydrogen) atoms. The van der Waals surface area contributed by atoms with Gasteiger partial charge in [0, 0.05) is 5.56 Å². The van der Waals surface area contributed by atoms with Gasteiger partial charge in [-0.2, -0.15) is 5.26 Å². The van der Waals surface area contributed by atoms with Crippen LogP contribution in [0, 0.1) is 24.1 Å². The summed E-state index contributed by atoms with van der Waals surface area (Å²) in [6.45, 7) is 1.94. The lowest BCUT2D eigenvalue weighted by molar-refractivity contribution is 0.628.